The highest BCUT2D eigenvalue weighted by Crippen LogP contribution is 2.22. The summed E-state index contributed by atoms with van der Waals surface area (Å²) in [5.74, 6) is -0.947. The fourth-order valence-corrected chi connectivity index (χ4v) is 1.67. The summed E-state index contributed by atoms with van der Waals surface area (Å²) in [6.07, 6.45) is 0. The van der Waals surface area contributed by atoms with Crippen molar-refractivity contribution in [2.24, 2.45) is 0 Å². The molecule has 0 amide bonds. The monoisotopic (exact) mass is 262 g/mol. The molecule has 2 aromatic carbocycles. The van der Waals surface area contributed by atoms with E-state index >= 15 is 0 Å². The summed E-state index contributed by atoms with van der Waals surface area (Å²) in [4.78, 5) is 11.4. The second-order valence-electron chi connectivity index (χ2n) is 4.08. The minimum absolute atomic E-state index is 0.0153. The number of hydrogen-bond acceptors (Lipinski definition) is 2. The third kappa shape index (κ3) is 3.16. The van der Waals surface area contributed by atoms with Gasteiger partial charge < -0.3 is 4.74 Å². The molecule has 4 heteroatoms. The van der Waals surface area contributed by atoms with E-state index in [9.17, 15) is 13.6 Å². The first-order valence-electron chi connectivity index (χ1n) is 5.74. The Kier molecular flexibility index (Phi) is 3.90. The third-order valence-electron chi connectivity index (χ3n) is 2.66. The maximum absolute atomic E-state index is 13.4. The molecule has 0 fully saturated rings. The van der Waals surface area contributed by atoms with Crippen LogP contribution in [0.1, 0.15) is 22.8 Å². The van der Waals surface area contributed by atoms with E-state index in [0.29, 0.717) is 5.56 Å². The summed E-state index contributed by atoms with van der Waals surface area (Å²) in [6.45, 7) is 1.31. The largest absolute Gasteiger partial charge is 0.488 e. The van der Waals surface area contributed by atoms with Gasteiger partial charge in [-0.05, 0) is 31.2 Å². The van der Waals surface area contributed by atoms with E-state index < -0.39 is 5.82 Å². The maximum Gasteiger partial charge on any atom is 0.163 e. The van der Waals surface area contributed by atoms with Gasteiger partial charge in [-0.1, -0.05) is 18.2 Å². The van der Waals surface area contributed by atoms with Gasteiger partial charge in [-0.15, -0.1) is 0 Å². The number of ether oxygens (including phenoxy) is 1. The van der Waals surface area contributed by atoms with Crippen LogP contribution >= 0.6 is 0 Å². The molecule has 0 bridgehead atoms. The van der Waals surface area contributed by atoms with E-state index in [1.807, 2.05) is 0 Å². The van der Waals surface area contributed by atoms with Crippen LogP contribution in [0.3, 0.4) is 0 Å². The summed E-state index contributed by atoms with van der Waals surface area (Å²) in [5.41, 5.74) is 0.526. The Morgan fingerprint density at radius 2 is 1.89 bits per heavy atom. The van der Waals surface area contributed by atoms with Crippen molar-refractivity contribution in [2.45, 2.75) is 13.5 Å². The van der Waals surface area contributed by atoms with Gasteiger partial charge in [0.1, 0.15) is 24.0 Å². The van der Waals surface area contributed by atoms with Crippen molar-refractivity contribution in [1.29, 1.82) is 0 Å². The van der Waals surface area contributed by atoms with Crippen molar-refractivity contribution < 1.29 is 18.3 Å². The van der Waals surface area contributed by atoms with Gasteiger partial charge in [0.2, 0.25) is 0 Å². The molecule has 0 aliphatic rings. The van der Waals surface area contributed by atoms with Gasteiger partial charge in [0.15, 0.2) is 5.78 Å². The lowest BCUT2D eigenvalue weighted by molar-refractivity contribution is 0.101. The molecule has 0 saturated carbocycles. The quantitative estimate of drug-likeness (QED) is 0.784. The Labute approximate surface area is 109 Å². The van der Waals surface area contributed by atoms with E-state index in [2.05, 4.69) is 0 Å². The number of carbonyl (C=O) groups excluding carboxylic acids is 1. The van der Waals surface area contributed by atoms with E-state index in [1.165, 1.54) is 25.1 Å². The molecular formula is C15H12F2O2. The van der Waals surface area contributed by atoms with Crippen molar-refractivity contribution in [3.63, 3.8) is 0 Å². The summed E-state index contributed by atoms with van der Waals surface area (Å²) < 4.78 is 31.9. The molecular weight excluding hydrogens is 250 g/mol. The average molecular weight is 262 g/mol. The molecule has 0 saturated heterocycles. The van der Waals surface area contributed by atoms with Gasteiger partial charge in [0.25, 0.3) is 0 Å². The van der Waals surface area contributed by atoms with E-state index in [0.717, 1.165) is 6.07 Å². The SMILES string of the molecule is CC(=O)c1cc(F)ccc1OCc1ccccc1F. The molecule has 0 N–H and O–H groups in total. The van der Waals surface area contributed by atoms with Crippen molar-refractivity contribution in [1.82, 2.24) is 0 Å². The van der Waals surface area contributed by atoms with Crippen LogP contribution in [-0.2, 0) is 6.61 Å². The molecule has 0 spiro atoms. The number of hydrogen-bond donors (Lipinski definition) is 0. The van der Waals surface area contributed by atoms with E-state index in [1.54, 1.807) is 18.2 Å². The molecule has 2 aromatic rings. The minimum atomic E-state index is -0.511. The number of halogens is 2. The number of Topliss-reactive ketones (excluding diaryl/α,β-unsaturated/α-hetero) is 1. The Hall–Kier alpha value is -2.23. The topological polar surface area (TPSA) is 26.3 Å². The molecule has 0 aromatic heterocycles. The van der Waals surface area contributed by atoms with Crippen LogP contribution in [0.5, 0.6) is 5.75 Å². The predicted molar refractivity (Wildman–Crippen MR) is 67.1 cm³/mol. The summed E-state index contributed by atoms with van der Waals surface area (Å²) in [6, 6.07) is 9.87. The van der Waals surface area contributed by atoms with Crippen LogP contribution in [-0.4, -0.2) is 5.78 Å². The average Bonchev–Trinajstić information content (AvgIpc) is 2.38. The fourth-order valence-electron chi connectivity index (χ4n) is 1.67. The summed E-state index contributed by atoms with van der Waals surface area (Å²) in [7, 11) is 0. The van der Waals surface area contributed by atoms with Crippen molar-refractivity contribution in [3.8, 4) is 5.75 Å². The lowest BCUT2D eigenvalue weighted by Crippen LogP contribution is -2.03. The zero-order valence-corrected chi connectivity index (χ0v) is 10.3. The summed E-state index contributed by atoms with van der Waals surface area (Å²) >= 11 is 0. The molecule has 0 heterocycles. The van der Waals surface area contributed by atoms with Crippen LogP contribution in [0, 0.1) is 11.6 Å². The zero-order valence-electron chi connectivity index (χ0n) is 10.3. The highest BCUT2D eigenvalue weighted by atomic mass is 19.1. The number of rotatable bonds is 4. The molecule has 2 nitrogen and oxygen atoms in total. The van der Waals surface area contributed by atoms with Crippen molar-refractivity contribution >= 4 is 5.78 Å². The Morgan fingerprint density at radius 3 is 2.58 bits per heavy atom. The van der Waals surface area contributed by atoms with Gasteiger partial charge in [-0.25, -0.2) is 8.78 Å². The van der Waals surface area contributed by atoms with Gasteiger partial charge in [0, 0.05) is 5.56 Å². The van der Waals surface area contributed by atoms with Crippen LogP contribution in [0.2, 0.25) is 0 Å². The Morgan fingerprint density at radius 1 is 1.16 bits per heavy atom. The number of benzene rings is 2. The molecule has 0 radical (unpaired) electrons. The van der Waals surface area contributed by atoms with Crippen LogP contribution < -0.4 is 4.74 Å². The van der Waals surface area contributed by atoms with Gasteiger partial charge >= 0.3 is 0 Å². The van der Waals surface area contributed by atoms with Gasteiger partial charge in [-0.2, -0.15) is 0 Å². The first-order valence-corrected chi connectivity index (χ1v) is 5.74. The maximum atomic E-state index is 13.4. The fraction of sp³-hybridized carbons (Fsp3) is 0.133. The van der Waals surface area contributed by atoms with Crippen molar-refractivity contribution in [3.05, 3.63) is 65.2 Å². The van der Waals surface area contributed by atoms with Gasteiger partial charge in [-0.3, -0.25) is 4.79 Å². The molecule has 0 aliphatic carbocycles. The predicted octanol–water partition coefficient (Wildman–Crippen LogP) is 3.75. The number of carbonyl (C=O) groups is 1. The smallest absolute Gasteiger partial charge is 0.163 e. The second kappa shape index (κ2) is 5.61. The molecule has 19 heavy (non-hydrogen) atoms. The normalized spacial score (nSPS) is 10.3. The molecule has 0 unspecified atom stereocenters. The first kappa shape index (κ1) is 13.2. The van der Waals surface area contributed by atoms with Crippen LogP contribution in [0.15, 0.2) is 42.5 Å². The molecule has 0 aliphatic heterocycles. The van der Waals surface area contributed by atoms with Crippen LogP contribution in [0.4, 0.5) is 8.78 Å². The standard InChI is InChI=1S/C15H12F2O2/c1-10(18)13-8-12(16)6-7-15(13)19-9-11-4-2-3-5-14(11)17/h2-8H,9H2,1H3. The third-order valence-corrected chi connectivity index (χ3v) is 2.66. The lowest BCUT2D eigenvalue weighted by atomic mass is 10.1. The van der Waals surface area contributed by atoms with Crippen LogP contribution in [0.25, 0.3) is 0 Å². The minimum Gasteiger partial charge on any atom is -0.488 e. The first-order chi connectivity index (χ1) is 9.08. The Bertz CT molecular complexity index is 609. The van der Waals surface area contributed by atoms with Crippen molar-refractivity contribution in [2.75, 3.05) is 0 Å². The Balaban J connectivity index is 2.20. The molecule has 2 rings (SSSR count). The highest BCUT2D eigenvalue weighted by molar-refractivity contribution is 5.96. The number of ketones is 1. The van der Waals surface area contributed by atoms with Gasteiger partial charge in [0.05, 0.1) is 5.56 Å². The summed E-state index contributed by atoms with van der Waals surface area (Å²) in [5, 5.41) is 0. The molecule has 98 valence electrons. The van der Waals surface area contributed by atoms with E-state index in [4.69, 9.17) is 4.74 Å². The van der Waals surface area contributed by atoms with E-state index in [-0.39, 0.29) is 29.5 Å². The lowest BCUT2D eigenvalue weighted by Gasteiger charge is -2.10. The molecule has 0 atom stereocenters. The highest BCUT2D eigenvalue weighted by Gasteiger charge is 2.11. The second-order valence-corrected chi connectivity index (χ2v) is 4.08. The zero-order chi connectivity index (χ0) is 13.8.